The topological polar surface area (TPSA) is 54.3 Å². The van der Waals surface area contributed by atoms with Crippen LogP contribution in [0.1, 0.15) is 44.9 Å². The summed E-state index contributed by atoms with van der Waals surface area (Å²) in [5.41, 5.74) is 0. The van der Waals surface area contributed by atoms with E-state index in [1.165, 1.54) is 25.9 Å². The number of hydrogen-bond donors (Lipinski definition) is 0. The summed E-state index contributed by atoms with van der Waals surface area (Å²) in [6.45, 7) is 6.73. The van der Waals surface area contributed by atoms with Crippen molar-refractivity contribution in [3.8, 4) is 0 Å². The van der Waals surface area contributed by atoms with Crippen LogP contribution in [-0.2, 0) is 18.3 Å². The third kappa shape index (κ3) is 3.91. The predicted octanol–water partition coefficient (Wildman–Crippen LogP) is 1.47. The van der Waals surface area contributed by atoms with Gasteiger partial charge >= 0.3 is 0 Å². The van der Waals surface area contributed by atoms with Gasteiger partial charge in [0.1, 0.15) is 12.2 Å². The van der Waals surface area contributed by atoms with Gasteiger partial charge in [0.15, 0.2) is 0 Å². The zero-order valence-electron chi connectivity index (χ0n) is 14.4. The minimum Gasteiger partial charge on any atom is -0.343 e. The lowest BCUT2D eigenvalue weighted by Gasteiger charge is -2.38. The van der Waals surface area contributed by atoms with E-state index >= 15 is 0 Å². The summed E-state index contributed by atoms with van der Waals surface area (Å²) in [7, 11) is 1.92. The first-order valence-electron chi connectivity index (χ1n) is 9.00. The highest BCUT2D eigenvalue weighted by atomic mass is 16.2. The number of amides is 1. The van der Waals surface area contributed by atoms with Gasteiger partial charge in [0, 0.05) is 39.0 Å². The van der Waals surface area contributed by atoms with Crippen LogP contribution < -0.4 is 0 Å². The molecule has 2 aliphatic rings. The van der Waals surface area contributed by atoms with Gasteiger partial charge in [-0.2, -0.15) is 0 Å². The number of likely N-dealkylation sites (tertiary alicyclic amines) is 2. The second kappa shape index (κ2) is 7.43. The molecule has 2 saturated heterocycles. The predicted molar refractivity (Wildman–Crippen MR) is 88.9 cm³/mol. The van der Waals surface area contributed by atoms with Crippen molar-refractivity contribution in [1.82, 2.24) is 24.6 Å². The first kappa shape index (κ1) is 16.4. The summed E-state index contributed by atoms with van der Waals surface area (Å²) < 4.78 is 1.89. The number of rotatable bonds is 5. The number of carbonyl (C=O) groups is 1. The van der Waals surface area contributed by atoms with E-state index in [0.717, 1.165) is 37.7 Å². The zero-order chi connectivity index (χ0) is 16.2. The van der Waals surface area contributed by atoms with Gasteiger partial charge < -0.3 is 14.4 Å². The molecule has 23 heavy (non-hydrogen) atoms. The van der Waals surface area contributed by atoms with Crippen LogP contribution in [0, 0.1) is 5.92 Å². The van der Waals surface area contributed by atoms with Crippen LogP contribution in [0.5, 0.6) is 0 Å². The van der Waals surface area contributed by atoms with Crippen LogP contribution in [-0.4, -0.2) is 62.7 Å². The van der Waals surface area contributed by atoms with E-state index in [2.05, 4.69) is 22.0 Å². The zero-order valence-corrected chi connectivity index (χ0v) is 14.4. The fourth-order valence-corrected chi connectivity index (χ4v) is 3.99. The Morgan fingerprint density at radius 3 is 2.57 bits per heavy atom. The minimum atomic E-state index is 0.264. The molecule has 1 amide bonds. The molecule has 3 heterocycles. The Kier molecular flexibility index (Phi) is 5.30. The van der Waals surface area contributed by atoms with Gasteiger partial charge in [-0.15, -0.1) is 10.2 Å². The molecule has 2 fully saturated rings. The average molecular weight is 319 g/mol. The molecule has 1 atom stereocenters. The van der Waals surface area contributed by atoms with Crippen LogP contribution in [0.4, 0.5) is 0 Å². The van der Waals surface area contributed by atoms with E-state index in [1.54, 1.807) is 6.33 Å². The molecule has 0 radical (unpaired) electrons. The highest BCUT2D eigenvalue weighted by Gasteiger charge is 2.30. The molecule has 0 aliphatic carbocycles. The molecule has 0 bridgehead atoms. The van der Waals surface area contributed by atoms with E-state index in [4.69, 9.17) is 0 Å². The monoisotopic (exact) mass is 319 g/mol. The number of aromatic nitrogens is 3. The van der Waals surface area contributed by atoms with Crippen molar-refractivity contribution >= 4 is 5.91 Å². The standard InChI is InChI=1S/C17H29N5O/c1-14(21-9-3-4-10-21)15-7-11-22(12-8-15)17(23)6-5-16-19-18-13-20(16)2/h13-15H,3-12H2,1-2H3/t14-/m1/s1. The Morgan fingerprint density at radius 2 is 1.96 bits per heavy atom. The molecule has 0 saturated carbocycles. The SMILES string of the molecule is C[C@H](C1CCN(C(=O)CCc2nncn2C)CC1)N1CCCC1. The molecular formula is C17H29N5O. The summed E-state index contributed by atoms with van der Waals surface area (Å²) >= 11 is 0. The van der Waals surface area contributed by atoms with Crippen molar-refractivity contribution in [1.29, 1.82) is 0 Å². The first-order chi connectivity index (χ1) is 11.1. The summed E-state index contributed by atoms with van der Waals surface area (Å²) in [5.74, 6) is 1.90. The van der Waals surface area contributed by atoms with Crippen molar-refractivity contribution in [3.63, 3.8) is 0 Å². The fourth-order valence-electron chi connectivity index (χ4n) is 3.99. The Labute approximate surface area is 138 Å². The average Bonchev–Trinajstić information content (AvgIpc) is 3.24. The third-order valence-electron chi connectivity index (χ3n) is 5.66. The first-order valence-corrected chi connectivity index (χ1v) is 9.00. The maximum atomic E-state index is 12.4. The van der Waals surface area contributed by atoms with Crippen molar-refractivity contribution < 1.29 is 4.79 Å². The number of carbonyl (C=O) groups excluding carboxylic acids is 1. The van der Waals surface area contributed by atoms with Gasteiger partial charge in [-0.25, -0.2) is 0 Å². The van der Waals surface area contributed by atoms with E-state index in [9.17, 15) is 4.79 Å². The highest BCUT2D eigenvalue weighted by molar-refractivity contribution is 5.76. The molecule has 6 heteroatoms. The number of hydrogen-bond acceptors (Lipinski definition) is 4. The van der Waals surface area contributed by atoms with Crippen LogP contribution in [0.25, 0.3) is 0 Å². The molecular weight excluding hydrogens is 290 g/mol. The van der Waals surface area contributed by atoms with Gasteiger partial charge in [-0.05, 0) is 51.6 Å². The van der Waals surface area contributed by atoms with E-state index < -0.39 is 0 Å². The normalized spacial score (nSPS) is 21.7. The Morgan fingerprint density at radius 1 is 1.26 bits per heavy atom. The second-order valence-electron chi connectivity index (χ2n) is 7.06. The maximum Gasteiger partial charge on any atom is 0.223 e. The fraction of sp³-hybridized carbons (Fsp3) is 0.824. The lowest BCUT2D eigenvalue weighted by atomic mass is 9.89. The molecule has 0 unspecified atom stereocenters. The summed E-state index contributed by atoms with van der Waals surface area (Å²) in [5, 5.41) is 7.91. The summed E-state index contributed by atoms with van der Waals surface area (Å²) in [6.07, 6.45) is 7.90. The van der Waals surface area contributed by atoms with Crippen molar-refractivity contribution in [2.24, 2.45) is 13.0 Å². The molecule has 3 rings (SSSR count). The maximum absolute atomic E-state index is 12.4. The van der Waals surface area contributed by atoms with Gasteiger partial charge in [-0.1, -0.05) is 0 Å². The summed E-state index contributed by atoms with van der Waals surface area (Å²) in [4.78, 5) is 17.1. The molecule has 0 spiro atoms. The molecule has 1 aromatic rings. The Hall–Kier alpha value is -1.43. The van der Waals surface area contributed by atoms with Crippen molar-refractivity contribution in [2.75, 3.05) is 26.2 Å². The minimum absolute atomic E-state index is 0.264. The van der Waals surface area contributed by atoms with Crippen LogP contribution >= 0.6 is 0 Å². The van der Waals surface area contributed by atoms with E-state index in [1.807, 2.05) is 16.5 Å². The number of nitrogens with zero attached hydrogens (tertiary/aromatic N) is 5. The van der Waals surface area contributed by atoms with Gasteiger partial charge in [-0.3, -0.25) is 4.79 Å². The largest absolute Gasteiger partial charge is 0.343 e. The third-order valence-corrected chi connectivity index (χ3v) is 5.66. The van der Waals surface area contributed by atoms with Crippen LogP contribution in [0.2, 0.25) is 0 Å². The second-order valence-corrected chi connectivity index (χ2v) is 7.06. The highest BCUT2D eigenvalue weighted by Crippen LogP contribution is 2.26. The lowest BCUT2D eigenvalue weighted by Crippen LogP contribution is -2.45. The molecule has 0 N–H and O–H groups in total. The van der Waals surface area contributed by atoms with Gasteiger partial charge in [0.2, 0.25) is 5.91 Å². The summed E-state index contributed by atoms with van der Waals surface area (Å²) in [6, 6.07) is 0.674. The Balaban J connectivity index is 1.43. The van der Waals surface area contributed by atoms with Crippen molar-refractivity contribution in [2.45, 2.75) is 51.5 Å². The molecule has 1 aromatic heterocycles. The smallest absolute Gasteiger partial charge is 0.223 e. The number of piperidine rings is 1. The van der Waals surface area contributed by atoms with Gasteiger partial charge in [0.05, 0.1) is 0 Å². The number of aryl methyl sites for hydroxylation is 2. The molecule has 0 aromatic carbocycles. The molecule has 128 valence electrons. The Bertz CT molecular complexity index is 515. The van der Waals surface area contributed by atoms with Crippen molar-refractivity contribution in [3.05, 3.63) is 12.2 Å². The lowest BCUT2D eigenvalue weighted by molar-refractivity contribution is -0.132. The molecule has 6 nitrogen and oxygen atoms in total. The van der Waals surface area contributed by atoms with E-state index in [0.29, 0.717) is 18.9 Å². The van der Waals surface area contributed by atoms with Crippen LogP contribution in [0.3, 0.4) is 0 Å². The van der Waals surface area contributed by atoms with Crippen LogP contribution in [0.15, 0.2) is 6.33 Å². The van der Waals surface area contributed by atoms with Gasteiger partial charge in [0.25, 0.3) is 0 Å². The quantitative estimate of drug-likeness (QED) is 0.825. The molecule has 2 aliphatic heterocycles. The van der Waals surface area contributed by atoms with E-state index in [-0.39, 0.29) is 5.91 Å².